The maximum atomic E-state index is 12.8. The van der Waals surface area contributed by atoms with Crippen molar-refractivity contribution in [3.8, 4) is 0 Å². The summed E-state index contributed by atoms with van der Waals surface area (Å²) in [7, 11) is -1.59. The van der Waals surface area contributed by atoms with Crippen LogP contribution in [0.15, 0.2) is 0 Å². The number of carbonyl (C=O) groups excluding carboxylic acids is 3. The van der Waals surface area contributed by atoms with Crippen LogP contribution in [0.3, 0.4) is 0 Å². The molecule has 0 aliphatic rings. The largest absolute Gasteiger partial charge is 0.870 e. The molecular formula is C72H141AgBO8. The molecule has 10 heteroatoms. The molecular weight excluding hydrogens is 1110 g/mol. The monoisotopic (exact) mass is 1250 g/mol. The standard InChI is InChI=1S/C54H105BO6.C18H36O2.Ag/c1-4-7-10-13-16-19-22-25-28-31-34-37-40-43-46-49-52(56)59-55(60-53(57)50-47-44-41-38-35-32-29-26-23-20-17-14-11-8-5-2)61-54(58)51-48-45-42-39-36-33-30-27-24-21-18-15-12-9-6-3;1-2-3-4-5-6-7-8-9-10-11-12-13-14-15-16-17-18(19)20;/h4-51H2,1-3H3;2-17H2,1H3,(H,19,20);. The molecule has 0 aromatic heterocycles. The van der Waals surface area contributed by atoms with E-state index in [2.05, 4.69) is 27.7 Å². The summed E-state index contributed by atoms with van der Waals surface area (Å²) < 4.78 is 16.3. The molecule has 0 unspecified atom stereocenters. The topological polar surface area (TPSA) is 116 Å². The minimum atomic E-state index is -1.59. The Bertz CT molecular complexity index is 1160. The van der Waals surface area contributed by atoms with Crippen LogP contribution in [0.5, 0.6) is 0 Å². The summed E-state index contributed by atoms with van der Waals surface area (Å²) in [6, 6.07) is 0. The molecule has 0 aliphatic carbocycles. The second-order valence-electron chi connectivity index (χ2n) is 25.0. The van der Waals surface area contributed by atoms with Gasteiger partial charge in [-0.15, -0.1) is 0 Å². The zero-order valence-corrected chi connectivity index (χ0v) is 56.9. The molecule has 0 rings (SSSR count). The van der Waals surface area contributed by atoms with Crippen LogP contribution in [-0.2, 0) is 55.5 Å². The van der Waals surface area contributed by atoms with Crippen molar-refractivity contribution in [2.75, 3.05) is 0 Å². The van der Waals surface area contributed by atoms with E-state index in [1.165, 1.54) is 315 Å². The van der Waals surface area contributed by atoms with Crippen LogP contribution < -0.4 is 0 Å². The normalized spacial score (nSPS) is 11.0. The van der Waals surface area contributed by atoms with Gasteiger partial charge in [-0.3, -0.25) is 19.2 Å². The molecule has 0 bridgehead atoms. The molecule has 1 radical (unpaired) electrons. The smallest absolute Gasteiger partial charge is 0.481 e. The Balaban J connectivity index is -0.00000250. The Morgan fingerprint density at radius 3 is 0.476 bits per heavy atom. The van der Waals surface area contributed by atoms with Gasteiger partial charge in [-0.25, -0.2) is 0 Å². The number of carboxylic acids is 1. The van der Waals surface area contributed by atoms with Crippen molar-refractivity contribution >= 4 is 31.2 Å². The molecule has 0 fully saturated rings. The van der Waals surface area contributed by atoms with Crippen molar-refractivity contribution in [2.24, 2.45) is 0 Å². The van der Waals surface area contributed by atoms with Gasteiger partial charge >= 0.3 is 13.3 Å². The summed E-state index contributed by atoms with van der Waals surface area (Å²) in [5.41, 5.74) is 0. The summed E-state index contributed by atoms with van der Waals surface area (Å²) in [5.74, 6) is -2.07. The Hall–Kier alpha value is -1.31. The maximum absolute atomic E-state index is 12.8. The first-order valence-corrected chi connectivity index (χ1v) is 36.6. The van der Waals surface area contributed by atoms with Crippen molar-refractivity contribution < 1.29 is 60.6 Å². The number of aliphatic carboxylic acids is 1. The first kappa shape index (κ1) is 84.9. The van der Waals surface area contributed by atoms with Crippen molar-refractivity contribution in [3.05, 3.63) is 0 Å². The van der Waals surface area contributed by atoms with E-state index in [9.17, 15) is 19.2 Å². The van der Waals surface area contributed by atoms with Gasteiger partial charge in [0.25, 0.3) is 17.9 Å². The molecule has 0 heterocycles. The molecule has 0 aromatic carbocycles. The van der Waals surface area contributed by atoms with E-state index in [0.717, 1.165) is 70.6 Å². The number of hydrogen-bond acceptors (Lipinski definition) is 7. The van der Waals surface area contributed by atoms with E-state index in [4.69, 9.17) is 19.1 Å². The van der Waals surface area contributed by atoms with E-state index < -0.39 is 31.2 Å². The fourth-order valence-electron chi connectivity index (χ4n) is 11.1. The third-order valence-corrected chi connectivity index (χ3v) is 16.6. The van der Waals surface area contributed by atoms with Gasteiger partial charge < -0.3 is 19.1 Å². The van der Waals surface area contributed by atoms with Crippen LogP contribution in [-0.4, -0.2) is 36.3 Å². The molecule has 1 N–H and O–H groups in total. The minimum Gasteiger partial charge on any atom is -0.481 e. The van der Waals surface area contributed by atoms with Crippen molar-refractivity contribution in [1.82, 2.24) is 0 Å². The predicted molar refractivity (Wildman–Crippen MR) is 350 cm³/mol. The van der Waals surface area contributed by atoms with E-state index in [-0.39, 0.29) is 41.6 Å². The van der Waals surface area contributed by atoms with Crippen LogP contribution in [0.2, 0.25) is 0 Å². The Kier molecular flexibility index (Phi) is 78.5. The SMILES string of the molecule is CCCCCCCCCCCCCCCCCC(=O)O.CCCCCCCCCCCCCCCCCC(=O)OB(OC(=O)CCCCCCCCCCCCCCCCC)OC(=O)CCCCCCCCCCCCCCCCC.[Ag]. The Morgan fingerprint density at radius 1 is 0.220 bits per heavy atom. The van der Waals surface area contributed by atoms with Crippen molar-refractivity contribution in [3.63, 3.8) is 0 Å². The molecule has 0 spiro atoms. The first-order valence-electron chi connectivity index (χ1n) is 36.6. The molecule has 82 heavy (non-hydrogen) atoms. The van der Waals surface area contributed by atoms with Crippen molar-refractivity contribution in [1.29, 1.82) is 0 Å². The maximum Gasteiger partial charge on any atom is 0.870 e. The average molecular weight is 1250 g/mol. The minimum absolute atomic E-state index is 0. The Morgan fingerprint density at radius 2 is 0.341 bits per heavy atom. The van der Waals surface area contributed by atoms with Crippen LogP contribution >= 0.6 is 0 Å². The number of unbranched alkanes of at least 4 members (excludes halogenated alkanes) is 56. The molecule has 0 aromatic rings. The van der Waals surface area contributed by atoms with E-state index in [1.54, 1.807) is 0 Å². The van der Waals surface area contributed by atoms with Gasteiger partial charge in [-0.1, -0.05) is 387 Å². The number of hydrogen-bond donors (Lipinski definition) is 1. The number of rotatable bonds is 67. The van der Waals surface area contributed by atoms with Gasteiger partial charge in [0, 0.05) is 48.1 Å². The zero-order valence-electron chi connectivity index (χ0n) is 55.4. The fourth-order valence-corrected chi connectivity index (χ4v) is 11.1. The molecule has 0 aliphatic heterocycles. The first-order chi connectivity index (χ1) is 39.8. The Labute approximate surface area is 527 Å². The number of carboxylic acid groups (broad SMARTS) is 1. The van der Waals surface area contributed by atoms with E-state index >= 15 is 0 Å². The summed E-state index contributed by atoms with van der Waals surface area (Å²) in [4.78, 5) is 48.6. The molecule has 0 amide bonds. The molecule has 0 saturated heterocycles. The van der Waals surface area contributed by atoms with Gasteiger partial charge in [0.15, 0.2) is 0 Å². The molecule has 0 saturated carbocycles. The predicted octanol–water partition coefficient (Wildman–Crippen LogP) is 24.7. The average Bonchev–Trinajstić information content (AvgIpc) is 3.45. The summed E-state index contributed by atoms with van der Waals surface area (Å²) in [6.45, 7) is 9.09. The van der Waals surface area contributed by atoms with Crippen molar-refractivity contribution in [2.45, 2.75) is 439 Å². The van der Waals surface area contributed by atoms with E-state index in [1.807, 2.05) is 0 Å². The molecule has 491 valence electrons. The van der Waals surface area contributed by atoms with Gasteiger partial charge in [-0.05, 0) is 25.7 Å². The van der Waals surface area contributed by atoms with Crippen LogP contribution in [0.4, 0.5) is 0 Å². The van der Waals surface area contributed by atoms with E-state index in [0.29, 0.717) is 6.42 Å². The van der Waals surface area contributed by atoms with Gasteiger partial charge in [0.05, 0.1) is 0 Å². The second-order valence-corrected chi connectivity index (χ2v) is 25.0. The second kappa shape index (κ2) is 75.8. The summed E-state index contributed by atoms with van der Waals surface area (Å²) in [6.07, 6.45) is 77.6. The van der Waals surface area contributed by atoms with Crippen LogP contribution in [0.1, 0.15) is 439 Å². The van der Waals surface area contributed by atoms with Gasteiger partial charge in [0.2, 0.25) is 0 Å². The zero-order chi connectivity index (χ0) is 59.3. The number of carbonyl (C=O) groups is 4. The summed E-state index contributed by atoms with van der Waals surface area (Å²) >= 11 is 0. The molecule has 8 nitrogen and oxygen atoms in total. The fraction of sp³-hybridized carbons (Fsp3) is 0.944. The van der Waals surface area contributed by atoms with Crippen LogP contribution in [0.25, 0.3) is 0 Å². The third kappa shape index (κ3) is 76.7. The quantitative estimate of drug-likeness (QED) is 0.0473. The van der Waals surface area contributed by atoms with Gasteiger partial charge in [-0.2, -0.15) is 0 Å². The van der Waals surface area contributed by atoms with Crippen LogP contribution in [0, 0.1) is 0 Å². The summed E-state index contributed by atoms with van der Waals surface area (Å²) in [5, 5.41) is 8.52. The third-order valence-electron chi connectivity index (χ3n) is 16.6. The van der Waals surface area contributed by atoms with Gasteiger partial charge in [0.1, 0.15) is 0 Å². The molecule has 0 atom stereocenters.